The number of carbonyl (C=O) groups is 1. The van der Waals surface area contributed by atoms with Crippen molar-refractivity contribution in [2.24, 2.45) is 0 Å². The summed E-state index contributed by atoms with van der Waals surface area (Å²) < 4.78 is 26.1. The first-order chi connectivity index (χ1) is 10.6. The third kappa shape index (κ3) is 4.46. The summed E-state index contributed by atoms with van der Waals surface area (Å²) in [4.78, 5) is 17.0. The highest BCUT2D eigenvalue weighted by molar-refractivity contribution is 7.15. The molecule has 1 saturated heterocycles. The zero-order valence-electron chi connectivity index (χ0n) is 12.1. The molecule has 1 unspecified atom stereocenters. The Kier molecular flexibility index (Phi) is 6.04. The molecule has 0 bridgehead atoms. The van der Waals surface area contributed by atoms with E-state index in [-0.39, 0.29) is 24.4 Å². The van der Waals surface area contributed by atoms with E-state index >= 15 is 0 Å². The summed E-state index contributed by atoms with van der Waals surface area (Å²) in [5, 5.41) is 6.43. The van der Waals surface area contributed by atoms with Crippen molar-refractivity contribution in [1.82, 2.24) is 10.3 Å². The summed E-state index contributed by atoms with van der Waals surface area (Å²) in [7, 11) is 0. The minimum Gasteiger partial charge on any atom is -0.306 e. The Labute approximate surface area is 142 Å². The highest BCUT2D eigenvalue weighted by Crippen LogP contribution is 2.22. The van der Waals surface area contributed by atoms with Crippen LogP contribution >= 0.6 is 23.7 Å². The molecule has 0 radical (unpaired) electrons. The van der Waals surface area contributed by atoms with Crippen molar-refractivity contribution in [3.05, 3.63) is 46.5 Å². The maximum Gasteiger partial charge on any atom is 0.243 e. The molecule has 1 atom stereocenters. The minimum atomic E-state index is -0.858. The SMILES string of the molecule is Cl.O=C(Nc1ncc(Cc2ccc(F)c(F)c2)s1)C1CCCN1. The van der Waals surface area contributed by atoms with Gasteiger partial charge in [0.05, 0.1) is 6.04 Å². The molecule has 4 nitrogen and oxygen atoms in total. The van der Waals surface area contributed by atoms with E-state index in [1.54, 1.807) is 12.3 Å². The van der Waals surface area contributed by atoms with Crippen molar-refractivity contribution >= 4 is 34.8 Å². The third-order valence-electron chi connectivity index (χ3n) is 3.52. The van der Waals surface area contributed by atoms with Gasteiger partial charge in [0, 0.05) is 17.5 Å². The Hall–Kier alpha value is -1.57. The fraction of sp³-hybridized carbons (Fsp3) is 0.333. The van der Waals surface area contributed by atoms with E-state index in [2.05, 4.69) is 15.6 Å². The lowest BCUT2D eigenvalue weighted by Crippen LogP contribution is -2.35. The fourth-order valence-corrected chi connectivity index (χ4v) is 3.25. The maximum absolute atomic E-state index is 13.2. The largest absolute Gasteiger partial charge is 0.306 e. The van der Waals surface area contributed by atoms with Crippen LogP contribution in [0.15, 0.2) is 24.4 Å². The van der Waals surface area contributed by atoms with Crippen LogP contribution < -0.4 is 10.6 Å². The van der Waals surface area contributed by atoms with Gasteiger partial charge >= 0.3 is 0 Å². The summed E-state index contributed by atoms with van der Waals surface area (Å²) >= 11 is 1.34. The Morgan fingerprint density at radius 1 is 1.39 bits per heavy atom. The van der Waals surface area contributed by atoms with E-state index in [0.717, 1.165) is 30.3 Å². The number of benzene rings is 1. The first kappa shape index (κ1) is 17.8. The van der Waals surface area contributed by atoms with Crippen LogP contribution in [0.1, 0.15) is 23.3 Å². The molecule has 1 amide bonds. The second-order valence-corrected chi connectivity index (χ2v) is 6.31. The first-order valence-corrected chi connectivity index (χ1v) is 7.86. The average molecular weight is 360 g/mol. The zero-order valence-corrected chi connectivity index (χ0v) is 13.8. The van der Waals surface area contributed by atoms with Crippen LogP contribution in [-0.2, 0) is 11.2 Å². The van der Waals surface area contributed by atoms with Gasteiger partial charge in [0.1, 0.15) is 0 Å². The molecule has 2 N–H and O–H groups in total. The number of carbonyl (C=O) groups excluding carboxylic acids is 1. The number of halogens is 3. The quantitative estimate of drug-likeness (QED) is 0.881. The third-order valence-corrected chi connectivity index (χ3v) is 4.44. The van der Waals surface area contributed by atoms with Gasteiger partial charge in [-0.25, -0.2) is 13.8 Å². The lowest BCUT2D eigenvalue weighted by Gasteiger charge is -2.08. The second-order valence-electron chi connectivity index (χ2n) is 5.20. The number of rotatable bonds is 4. The molecule has 8 heteroatoms. The molecule has 1 aromatic heterocycles. The van der Waals surface area contributed by atoms with Crippen LogP contribution in [0.5, 0.6) is 0 Å². The Balaban J connectivity index is 0.00000192. The molecule has 0 aliphatic carbocycles. The van der Waals surface area contributed by atoms with E-state index in [1.807, 2.05) is 0 Å². The van der Waals surface area contributed by atoms with Crippen molar-refractivity contribution in [2.45, 2.75) is 25.3 Å². The molecule has 1 aliphatic heterocycles. The predicted octanol–water partition coefficient (Wildman–Crippen LogP) is 3.12. The maximum atomic E-state index is 13.2. The van der Waals surface area contributed by atoms with Gasteiger partial charge in [-0.2, -0.15) is 0 Å². The number of nitrogens with zero attached hydrogens (tertiary/aromatic N) is 1. The summed E-state index contributed by atoms with van der Waals surface area (Å²) in [6, 6.07) is 3.67. The standard InChI is InChI=1S/C15H15F2N3OS.ClH/c16-11-4-3-9(7-12(11)17)6-10-8-19-15(22-10)20-14(21)13-2-1-5-18-13;/h3-4,7-8,13,18H,1-2,5-6H2,(H,19,20,21);1H. The van der Waals surface area contributed by atoms with Crippen LogP contribution in [-0.4, -0.2) is 23.5 Å². The number of hydrogen-bond acceptors (Lipinski definition) is 4. The van der Waals surface area contributed by atoms with Crippen LogP contribution in [0.25, 0.3) is 0 Å². The van der Waals surface area contributed by atoms with Crippen molar-refractivity contribution in [1.29, 1.82) is 0 Å². The molecule has 0 saturated carbocycles. The minimum absolute atomic E-state index is 0. The molecule has 1 fully saturated rings. The van der Waals surface area contributed by atoms with E-state index in [0.29, 0.717) is 17.1 Å². The van der Waals surface area contributed by atoms with Crippen LogP contribution in [0, 0.1) is 11.6 Å². The van der Waals surface area contributed by atoms with E-state index in [4.69, 9.17) is 0 Å². The molecule has 2 aromatic rings. The van der Waals surface area contributed by atoms with Crippen molar-refractivity contribution in [3.63, 3.8) is 0 Å². The van der Waals surface area contributed by atoms with Gasteiger partial charge in [0.25, 0.3) is 0 Å². The van der Waals surface area contributed by atoms with Crippen molar-refractivity contribution in [2.75, 3.05) is 11.9 Å². The summed E-state index contributed by atoms with van der Waals surface area (Å²) in [6.45, 7) is 0.858. The molecule has 0 spiro atoms. The molecule has 23 heavy (non-hydrogen) atoms. The van der Waals surface area contributed by atoms with Crippen molar-refractivity contribution < 1.29 is 13.6 Å². The lowest BCUT2D eigenvalue weighted by atomic mass is 10.1. The fourth-order valence-electron chi connectivity index (χ4n) is 2.40. The molecule has 1 aliphatic rings. The second kappa shape index (κ2) is 7.81. The lowest BCUT2D eigenvalue weighted by molar-refractivity contribution is -0.117. The summed E-state index contributed by atoms with van der Waals surface area (Å²) in [6.07, 6.45) is 3.92. The van der Waals surface area contributed by atoms with Crippen LogP contribution in [0.3, 0.4) is 0 Å². The molecule has 2 heterocycles. The first-order valence-electron chi connectivity index (χ1n) is 7.05. The smallest absolute Gasteiger partial charge is 0.243 e. The summed E-state index contributed by atoms with van der Waals surface area (Å²) in [5.74, 6) is -1.79. The Bertz CT molecular complexity index is 689. The van der Waals surface area contributed by atoms with E-state index < -0.39 is 11.6 Å². The normalized spacial score (nSPS) is 16.9. The zero-order chi connectivity index (χ0) is 15.5. The highest BCUT2D eigenvalue weighted by Gasteiger charge is 2.22. The number of anilines is 1. The molecule has 1 aromatic carbocycles. The molecule has 3 rings (SSSR count). The number of hydrogen-bond donors (Lipinski definition) is 2. The van der Waals surface area contributed by atoms with Crippen LogP contribution in [0.2, 0.25) is 0 Å². The van der Waals surface area contributed by atoms with Gasteiger partial charge in [0.2, 0.25) is 5.91 Å². The van der Waals surface area contributed by atoms with E-state index in [9.17, 15) is 13.6 Å². The number of aromatic nitrogens is 1. The average Bonchev–Trinajstić information content (AvgIpc) is 3.15. The number of amides is 1. The predicted molar refractivity (Wildman–Crippen MR) is 88.2 cm³/mol. The van der Waals surface area contributed by atoms with Gasteiger partial charge in [0.15, 0.2) is 16.8 Å². The summed E-state index contributed by atoms with van der Waals surface area (Å²) in [5.41, 5.74) is 0.665. The van der Waals surface area contributed by atoms with Gasteiger partial charge in [-0.1, -0.05) is 6.07 Å². The van der Waals surface area contributed by atoms with Gasteiger partial charge in [-0.3, -0.25) is 4.79 Å². The highest BCUT2D eigenvalue weighted by atomic mass is 35.5. The van der Waals surface area contributed by atoms with Gasteiger partial charge < -0.3 is 10.6 Å². The number of nitrogens with one attached hydrogen (secondary N) is 2. The molecular weight excluding hydrogens is 344 g/mol. The van der Waals surface area contributed by atoms with E-state index in [1.165, 1.54) is 17.4 Å². The van der Waals surface area contributed by atoms with Gasteiger partial charge in [-0.15, -0.1) is 23.7 Å². The Morgan fingerprint density at radius 3 is 2.91 bits per heavy atom. The van der Waals surface area contributed by atoms with Gasteiger partial charge in [-0.05, 0) is 37.1 Å². The van der Waals surface area contributed by atoms with Crippen LogP contribution in [0.4, 0.5) is 13.9 Å². The molecule has 124 valence electrons. The van der Waals surface area contributed by atoms with Crippen molar-refractivity contribution in [3.8, 4) is 0 Å². The molecular formula is C15H16ClF2N3OS. The monoisotopic (exact) mass is 359 g/mol. The topological polar surface area (TPSA) is 54.0 Å². The Morgan fingerprint density at radius 2 is 2.22 bits per heavy atom. The number of thiazole rings is 1.